The second kappa shape index (κ2) is 6.82. The molecule has 0 aliphatic heterocycles. The lowest BCUT2D eigenvalue weighted by atomic mass is 10.2. The average molecular weight is 324 g/mol. The molecule has 2 aromatic heterocycles. The number of thiazole rings is 1. The largest absolute Gasteiger partial charge is 0.469 e. The minimum Gasteiger partial charge on any atom is -0.469 e. The van der Waals surface area contributed by atoms with Crippen molar-refractivity contribution in [2.24, 2.45) is 0 Å². The number of ether oxygens (including phenoxy) is 1. The average Bonchev–Trinajstić information content (AvgIpc) is 3.06. The lowest BCUT2D eigenvalue weighted by Gasteiger charge is -2.11. The van der Waals surface area contributed by atoms with E-state index in [9.17, 15) is 9.59 Å². The number of carbonyl (C=O) groups excluding carboxylic acids is 2. The second-order valence-corrected chi connectivity index (χ2v) is 6.51. The molecule has 1 N–H and O–H groups in total. The van der Waals surface area contributed by atoms with E-state index in [1.165, 1.54) is 18.4 Å². The molecule has 2 aromatic rings. The van der Waals surface area contributed by atoms with Crippen LogP contribution in [0.25, 0.3) is 9.88 Å². The Kier molecular flexibility index (Phi) is 5.08. The Morgan fingerprint density at radius 3 is 2.86 bits per heavy atom. The van der Waals surface area contributed by atoms with Gasteiger partial charge in [0.2, 0.25) is 0 Å². The molecule has 0 radical (unpaired) electrons. The van der Waals surface area contributed by atoms with Gasteiger partial charge in [-0.05, 0) is 25.3 Å². The van der Waals surface area contributed by atoms with Crippen molar-refractivity contribution in [3.63, 3.8) is 0 Å². The van der Waals surface area contributed by atoms with Crippen LogP contribution in [0.1, 0.15) is 28.7 Å². The standard InChI is InChI=1S/C14H16N2O3S2/c1-8(7-11(17)19-3)15-13(18)12-9(2)16-14(21-12)10-5-4-6-20-10/h4-6,8H,7H2,1-3H3,(H,15,18). The molecule has 2 rings (SSSR count). The first-order chi connectivity index (χ1) is 10.0. The predicted molar refractivity (Wildman–Crippen MR) is 83.7 cm³/mol. The third-order valence-corrected chi connectivity index (χ3v) is 5.01. The van der Waals surface area contributed by atoms with E-state index in [2.05, 4.69) is 15.0 Å². The Bertz CT molecular complexity index is 635. The van der Waals surface area contributed by atoms with Gasteiger partial charge in [-0.1, -0.05) is 6.07 Å². The van der Waals surface area contributed by atoms with Crippen LogP contribution in [0.4, 0.5) is 0 Å². The van der Waals surface area contributed by atoms with Gasteiger partial charge in [0.1, 0.15) is 9.88 Å². The van der Waals surface area contributed by atoms with E-state index in [1.807, 2.05) is 24.4 Å². The van der Waals surface area contributed by atoms with Gasteiger partial charge >= 0.3 is 5.97 Å². The first-order valence-electron chi connectivity index (χ1n) is 6.40. The van der Waals surface area contributed by atoms with E-state index >= 15 is 0 Å². The van der Waals surface area contributed by atoms with E-state index in [1.54, 1.807) is 18.3 Å². The zero-order valence-electron chi connectivity index (χ0n) is 12.0. The zero-order chi connectivity index (χ0) is 15.4. The van der Waals surface area contributed by atoms with Gasteiger partial charge in [0, 0.05) is 6.04 Å². The van der Waals surface area contributed by atoms with Crippen LogP contribution in [0, 0.1) is 6.92 Å². The molecule has 0 saturated carbocycles. The van der Waals surface area contributed by atoms with Crippen molar-refractivity contribution in [3.05, 3.63) is 28.1 Å². The Balaban J connectivity index is 2.08. The summed E-state index contributed by atoms with van der Waals surface area (Å²) in [5.41, 5.74) is 0.700. The van der Waals surface area contributed by atoms with Gasteiger partial charge in [-0.15, -0.1) is 22.7 Å². The molecular formula is C14H16N2O3S2. The Labute approximate surface area is 131 Å². The minimum absolute atomic E-state index is 0.151. The molecule has 0 bridgehead atoms. The minimum atomic E-state index is -0.344. The predicted octanol–water partition coefficient (Wildman–Crippen LogP) is 2.86. The van der Waals surface area contributed by atoms with Gasteiger partial charge in [0.15, 0.2) is 0 Å². The fraction of sp³-hybridized carbons (Fsp3) is 0.357. The smallest absolute Gasteiger partial charge is 0.307 e. The van der Waals surface area contributed by atoms with Crippen LogP contribution in [0.15, 0.2) is 17.5 Å². The number of aromatic nitrogens is 1. The lowest BCUT2D eigenvalue weighted by molar-refractivity contribution is -0.141. The molecule has 0 aliphatic carbocycles. The van der Waals surface area contributed by atoms with Crippen molar-refractivity contribution >= 4 is 34.6 Å². The summed E-state index contributed by atoms with van der Waals surface area (Å²) >= 11 is 2.95. The molecule has 112 valence electrons. The highest BCUT2D eigenvalue weighted by Crippen LogP contribution is 2.31. The SMILES string of the molecule is COC(=O)CC(C)NC(=O)c1sc(-c2cccs2)nc1C. The third kappa shape index (κ3) is 3.89. The summed E-state index contributed by atoms with van der Waals surface area (Å²) in [5, 5.41) is 5.61. The molecule has 1 atom stereocenters. The maximum absolute atomic E-state index is 12.2. The molecule has 0 aromatic carbocycles. The molecule has 2 heterocycles. The topological polar surface area (TPSA) is 68.3 Å². The molecule has 0 saturated heterocycles. The fourth-order valence-corrected chi connectivity index (χ4v) is 3.55. The zero-order valence-corrected chi connectivity index (χ0v) is 13.6. The summed E-state index contributed by atoms with van der Waals surface area (Å²) < 4.78 is 4.59. The van der Waals surface area contributed by atoms with Gasteiger partial charge in [-0.25, -0.2) is 4.98 Å². The summed E-state index contributed by atoms with van der Waals surface area (Å²) in [6.07, 6.45) is 0.151. The molecule has 7 heteroatoms. The maximum Gasteiger partial charge on any atom is 0.307 e. The maximum atomic E-state index is 12.2. The molecule has 5 nitrogen and oxygen atoms in total. The van der Waals surface area contributed by atoms with E-state index < -0.39 is 0 Å². The summed E-state index contributed by atoms with van der Waals surface area (Å²) in [5.74, 6) is -0.549. The van der Waals surface area contributed by atoms with Crippen LogP contribution in [0.3, 0.4) is 0 Å². The quantitative estimate of drug-likeness (QED) is 0.859. The van der Waals surface area contributed by atoms with Crippen LogP contribution < -0.4 is 5.32 Å². The highest BCUT2D eigenvalue weighted by Gasteiger charge is 2.19. The highest BCUT2D eigenvalue weighted by atomic mass is 32.1. The number of hydrogen-bond acceptors (Lipinski definition) is 6. The molecule has 0 aliphatic rings. The summed E-state index contributed by atoms with van der Waals surface area (Å²) in [6.45, 7) is 3.58. The normalized spacial score (nSPS) is 12.0. The summed E-state index contributed by atoms with van der Waals surface area (Å²) in [4.78, 5) is 29.5. The number of methoxy groups -OCH3 is 1. The molecule has 0 spiro atoms. The fourth-order valence-electron chi connectivity index (χ4n) is 1.79. The summed E-state index contributed by atoms with van der Waals surface area (Å²) in [6, 6.07) is 3.65. The van der Waals surface area contributed by atoms with Gasteiger partial charge in [0.05, 0.1) is 24.1 Å². The number of nitrogens with zero attached hydrogens (tertiary/aromatic N) is 1. The molecule has 21 heavy (non-hydrogen) atoms. The third-order valence-electron chi connectivity index (χ3n) is 2.81. The van der Waals surface area contributed by atoms with Gasteiger partial charge in [-0.2, -0.15) is 0 Å². The molecule has 1 amide bonds. The Hall–Kier alpha value is -1.73. The van der Waals surface area contributed by atoms with Crippen LogP contribution in [0.5, 0.6) is 0 Å². The molecule has 1 unspecified atom stereocenters. The van der Waals surface area contributed by atoms with Gasteiger partial charge < -0.3 is 10.1 Å². The highest BCUT2D eigenvalue weighted by molar-refractivity contribution is 7.22. The number of aryl methyl sites for hydroxylation is 1. The number of esters is 1. The van der Waals surface area contributed by atoms with E-state index in [0.29, 0.717) is 10.6 Å². The van der Waals surface area contributed by atoms with Crippen molar-refractivity contribution < 1.29 is 14.3 Å². The number of hydrogen-bond donors (Lipinski definition) is 1. The number of carbonyl (C=O) groups is 2. The molecular weight excluding hydrogens is 308 g/mol. The van der Waals surface area contributed by atoms with Crippen LogP contribution in [0.2, 0.25) is 0 Å². The number of nitrogens with one attached hydrogen (secondary N) is 1. The second-order valence-electron chi connectivity index (χ2n) is 4.57. The monoisotopic (exact) mass is 324 g/mol. The first-order valence-corrected chi connectivity index (χ1v) is 8.10. The van der Waals surface area contributed by atoms with Crippen LogP contribution >= 0.6 is 22.7 Å². The van der Waals surface area contributed by atoms with E-state index in [-0.39, 0.29) is 24.3 Å². The Morgan fingerprint density at radius 1 is 1.48 bits per heavy atom. The summed E-state index contributed by atoms with van der Waals surface area (Å²) in [7, 11) is 1.33. The lowest BCUT2D eigenvalue weighted by Crippen LogP contribution is -2.34. The first kappa shape index (κ1) is 15.7. The van der Waals surface area contributed by atoms with E-state index in [4.69, 9.17) is 0 Å². The van der Waals surface area contributed by atoms with Crippen molar-refractivity contribution in [2.75, 3.05) is 7.11 Å². The van der Waals surface area contributed by atoms with Crippen molar-refractivity contribution in [1.82, 2.24) is 10.3 Å². The van der Waals surface area contributed by atoms with Gasteiger partial charge in [-0.3, -0.25) is 9.59 Å². The Morgan fingerprint density at radius 2 is 2.24 bits per heavy atom. The van der Waals surface area contributed by atoms with Crippen molar-refractivity contribution in [1.29, 1.82) is 0 Å². The number of thiophene rings is 1. The van der Waals surface area contributed by atoms with Gasteiger partial charge in [0.25, 0.3) is 5.91 Å². The van der Waals surface area contributed by atoms with E-state index in [0.717, 1.165) is 9.88 Å². The van der Waals surface area contributed by atoms with Crippen LogP contribution in [-0.4, -0.2) is 30.0 Å². The number of amides is 1. The van der Waals surface area contributed by atoms with Crippen LogP contribution in [-0.2, 0) is 9.53 Å². The molecule has 0 fully saturated rings. The van der Waals surface area contributed by atoms with Crippen molar-refractivity contribution in [2.45, 2.75) is 26.3 Å². The van der Waals surface area contributed by atoms with Crippen molar-refractivity contribution in [3.8, 4) is 9.88 Å². The number of rotatable bonds is 5.